The zero-order valence-electron chi connectivity index (χ0n) is 11.9. The van der Waals surface area contributed by atoms with Crippen LogP contribution in [-0.4, -0.2) is 31.7 Å². The molecule has 0 aromatic carbocycles. The Morgan fingerprint density at radius 3 is 2.67 bits per heavy atom. The summed E-state index contributed by atoms with van der Waals surface area (Å²) in [6, 6.07) is 0. The van der Waals surface area contributed by atoms with Crippen LogP contribution in [-0.2, 0) is 4.79 Å². The Morgan fingerprint density at radius 2 is 2.00 bits per heavy atom. The quantitative estimate of drug-likeness (QED) is 0.837. The highest BCUT2D eigenvalue weighted by Gasteiger charge is 2.39. The molecule has 0 bridgehead atoms. The molecule has 0 amide bonds. The van der Waals surface area contributed by atoms with Crippen molar-refractivity contribution in [3.8, 4) is 0 Å². The van der Waals surface area contributed by atoms with Crippen LogP contribution < -0.4 is 5.32 Å². The van der Waals surface area contributed by atoms with Crippen molar-refractivity contribution >= 4 is 22.9 Å². The molecule has 1 aliphatic carbocycles. The smallest absolute Gasteiger partial charge is 0.329 e. The summed E-state index contributed by atoms with van der Waals surface area (Å²) >= 11 is 0. The number of nitrogens with zero attached hydrogens (tertiary/aromatic N) is 3. The van der Waals surface area contributed by atoms with E-state index >= 15 is 0 Å². The minimum absolute atomic E-state index is 0.374. The molecule has 0 aliphatic heterocycles. The maximum absolute atomic E-state index is 11.8. The van der Waals surface area contributed by atoms with Crippen molar-refractivity contribution < 1.29 is 14.4 Å². The van der Waals surface area contributed by atoms with Gasteiger partial charge in [0.05, 0.1) is 5.69 Å². The predicted octanol–water partition coefficient (Wildman–Crippen LogP) is 2.52. The molecule has 0 atom stereocenters. The third kappa shape index (κ3) is 2.43. The van der Waals surface area contributed by atoms with E-state index in [1.54, 1.807) is 6.92 Å². The Labute approximate surface area is 121 Å². The molecule has 0 radical (unpaired) electrons. The van der Waals surface area contributed by atoms with Gasteiger partial charge in [0.15, 0.2) is 0 Å². The first-order valence-electron chi connectivity index (χ1n) is 7.21. The second-order valence-corrected chi connectivity index (χ2v) is 5.60. The normalized spacial score (nSPS) is 18.3. The zero-order valence-corrected chi connectivity index (χ0v) is 11.9. The molecule has 2 aromatic heterocycles. The standard InChI is InChI=1S/C14H18N4O3/c1-9-10-11(15-8-16-12(10)21-18-9)17-14(13(19)20)6-4-2-3-5-7-14/h8H,2-7H2,1H3,(H,19,20)(H,15,16,17). The molecule has 2 aromatic rings. The van der Waals surface area contributed by atoms with E-state index in [0.29, 0.717) is 35.5 Å². The number of aliphatic carboxylic acids is 1. The van der Waals surface area contributed by atoms with Crippen molar-refractivity contribution in [2.45, 2.75) is 51.0 Å². The van der Waals surface area contributed by atoms with E-state index in [9.17, 15) is 9.90 Å². The molecule has 1 fully saturated rings. The van der Waals surface area contributed by atoms with Gasteiger partial charge in [-0.05, 0) is 19.8 Å². The molecule has 2 heterocycles. The van der Waals surface area contributed by atoms with Gasteiger partial charge in [-0.1, -0.05) is 30.8 Å². The molecule has 7 nitrogen and oxygen atoms in total. The van der Waals surface area contributed by atoms with E-state index in [2.05, 4.69) is 20.4 Å². The van der Waals surface area contributed by atoms with Crippen LogP contribution in [0.2, 0.25) is 0 Å². The maximum Gasteiger partial charge on any atom is 0.329 e. The van der Waals surface area contributed by atoms with Gasteiger partial charge in [0.2, 0.25) is 0 Å². The number of nitrogens with one attached hydrogen (secondary N) is 1. The lowest BCUT2D eigenvalue weighted by Crippen LogP contribution is -2.46. The van der Waals surface area contributed by atoms with E-state index in [1.165, 1.54) is 6.33 Å². The third-order valence-electron chi connectivity index (χ3n) is 4.17. The fourth-order valence-corrected chi connectivity index (χ4v) is 2.97. The molecule has 3 rings (SSSR count). The number of anilines is 1. The summed E-state index contributed by atoms with van der Waals surface area (Å²) in [5, 5.41) is 17.4. The van der Waals surface area contributed by atoms with Crippen molar-refractivity contribution in [3.63, 3.8) is 0 Å². The Balaban J connectivity index is 2.01. The van der Waals surface area contributed by atoms with Crippen LogP contribution in [0, 0.1) is 6.92 Å². The second kappa shape index (κ2) is 5.31. The molecule has 0 spiro atoms. The molecule has 7 heteroatoms. The SMILES string of the molecule is Cc1noc2ncnc(NC3(C(=O)O)CCCCCC3)c12. The maximum atomic E-state index is 11.8. The first-order valence-corrected chi connectivity index (χ1v) is 7.21. The largest absolute Gasteiger partial charge is 0.480 e. The van der Waals surface area contributed by atoms with Crippen molar-refractivity contribution in [3.05, 3.63) is 12.0 Å². The number of aromatic nitrogens is 3. The molecular formula is C14H18N4O3. The average Bonchev–Trinajstić information content (AvgIpc) is 2.70. The zero-order chi connectivity index (χ0) is 14.9. The van der Waals surface area contributed by atoms with Crippen molar-refractivity contribution in [1.82, 2.24) is 15.1 Å². The number of aryl methyl sites for hydroxylation is 1. The summed E-state index contributed by atoms with van der Waals surface area (Å²) in [7, 11) is 0. The van der Waals surface area contributed by atoms with Gasteiger partial charge in [-0.3, -0.25) is 0 Å². The van der Waals surface area contributed by atoms with Crippen LogP contribution >= 0.6 is 0 Å². The summed E-state index contributed by atoms with van der Waals surface area (Å²) in [5.41, 5.74) is 0.0584. The molecule has 1 aliphatic rings. The lowest BCUT2D eigenvalue weighted by Gasteiger charge is -2.29. The fraction of sp³-hybridized carbons (Fsp3) is 0.571. The van der Waals surface area contributed by atoms with Gasteiger partial charge >= 0.3 is 5.97 Å². The topological polar surface area (TPSA) is 101 Å². The van der Waals surface area contributed by atoms with Gasteiger partial charge in [-0.2, -0.15) is 4.98 Å². The van der Waals surface area contributed by atoms with Crippen molar-refractivity contribution in [2.75, 3.05) is 5.32 Å². The molecular weight excluding hydrogens is 272 g/mol. The van der Waals surface area contributed by atoms with E-state index in [-0.39, 0.29) is 0 Å². The molecule has 0 saturated heterocycles. The monoisotopic (exact) mass is 290 g/mol. The highest BCUT2D eigenvalue weighted by atomic mass is 16.5. The van der Waals surface area contributed by atoms with Gasteiger partial charge in [0.1, 0.15) is 23.1 Å². The molecule has 21 heavy (non-hydrogen) atoms. The number of hydrogen-bond donors (Lipinski definition) is 2. The summed E-state index contributed by atoms with van der Waals surface area (Å²) < 4.78 is 5.11. The van der Waals surface area contributed by atoms with Crippen LogP contribution in [0.1, 0.15) is 44.2 Å². The van der Waals surface area contributed by atoms with Gasteiger partial charge in [0, 0.05) is 0 Å². The molecule has 2 N–H and O–H groups in total. The lowest BCUT2D eigenvalue weighted by atomic mass is 9.90. The van der Waals surface area contributed by atoms with E-state index in [4.69, 9.17) is 4.52 Å². The van der Waals surface area contributed by atoms with Crippen LogP contribution in [0.25, 0.3) is 11.1 Å². The number of carboxylic acids is 1. The number of carboxylic acid groups (broad SMARTS) is 1. The summed E-state index contributed by atoms with van der Waals surface area (Å²) in [6.45, 7) is 1.79. The van der Waals surface area contributed by atoms with E-state index < -0.39 is 11.5 Å². The van der Waals surface area contributed by atoms with Crippen LogP contribution in [0.5, 0.6) is 0 Å². The van der Waals surface area contributed by atoms with Crippen LogP contribution in [0.3, 0.4) is 0 Å². The second-order valence-electron chi connectivity index (χ2n) is 5.60. The van der Waals surface area contributed by atoms with E-state index in [0.717, 1.165) is 25.7 Å². The first-order chi connectivity index (χ1) is 10.1. The number of fused-ring (bicyclic) bond motifs is 1. The Bertz CT molecular complexity index is 659. The van der Waals surface area contributed by atoms with E-state index in [1.807, 2.05) is 0 Å². The fourth-order valence-electron chi connectivity index (χ4n) is 2.97. The van der Waals surface area contributed by atoms with Gasteiger partial charge in [0.25, 0.3) is 5.71 Å². The molecule has 1 saturated carbocycles. The number of hydrogen-bond acceptors (Lipinski definition) is 6. The third-order valence-corrected chi connectivity index (χ3v) is 4.17. The first kappa shape index (κ1) is 13.8. The van der Waals surface area contributed by atoms with Gasteiger partial charge < -0.3 is 14.9 Å². The summed E-state index contributed by atoms with van der Waals surface area (Å²) in [4.78, 5) is 20.1. The van der Waals surface area contributed by atoms with Crippen molar-refractivity contribution in [1.29, 1.82) is 0 Å². The Hall–Kier alpha value is -2.18. The minimum Gasteiger partial charge on any atom is -0.480 e. The predicted molar refractivity (Wildman–Crippen MR) is 76.0 cm³/mol. The highest BCUT2D eigenvalue weighted by molar-refractivity contribution is 5.91. The number of carbonyl (C=O) groups is 1. The highest BCUT2D eigenvalue weighted by Crippen LogP contribution is 2.33. The van der Waals surface area contributed by atoms with Gasteiger partial charge in [-0.25, -0.2) is 9.78 Å². The Morgan fingerprint density at radius 1 is 1.29 bits per heavy atom. The summed E-state index contributed by atoms with van der Waals surface area (Å²) in [6.07, 6.45) is 6.49. The van der Waals surface area contributed by atoms with Crippen LogP contribution in [0.4, 0.5) is 5.82 Å². The van der Waals surface area contributed by atoms with Crippen molar-refractivity contribution in [2.24, 2.45) is 0 Å². The van der Waals surface area contributed by atoms with Crippen LogP contribution in [0.15, 0.2) is 10.9 Å². The Kier molecular flexibility index (Phi) is 3.48. The summed E-state index contributed by atoms with van der Waals surface area (Å²) in [5.74, 6) is -0.340. The number of rotatable bonds is 3. The minimum atomic E-state index is -0.971. The molecule has 0 unspecified atom stereocenters. The average molecular weight is 290 g/mol. The lowest BCUT2D eigenvalue weighted by molar-refractivity contribution is -0.142. The molecule has 112 valence electrons. The van der Waals surface area contributed by atoms with Gasteiger partial charge in [-0.15, -0.1) is 0 Å².